The lowest BCUT2D eigenvalue weighted by atomic mass is 9.92. The fourth-order valence-electron chi connectivity index (χ4n) is 2.24. The minimum absolute atomic E-state index is 0. The number of carbonyl (C=O) groups is 1. The molecule has 0 aromatic heterocycles. The number of halogens is 2. The van der Waals surface area contributed by atoms with Crippen molar-refractivity contribution in [2.45, 2.75) is 12.5 Å². The van der Waals surface area contributed by atoms with Crippen LogP contribution in [0, 0.1) is 5.82 Å². The topological polar surface area (TPSA) is 55.6 Å². The van der Waals surface area contributed by atoms with Gasteiger partial charge in [0.25, 0.3) is 0 Å². The number of ether oxygens (including phenoxy) is 1. The molecule has 1 unspecified atom stereocenters. The van der Waals surface area contributed by atoms with Crippen LogP contribution in [0.1, 0.15) is 12.5 Å². The van der Waals surface area contributed by atoms with Gasteiger partial charge in [-0.1, -0.05) is 30.3 Å². The molecule has 2 aromatic carbocycles. The molecule has 1 amide bonds. The summed E-state index contributed by atoms with van der Waals surface area (Å²) in [4.78, 5) is 14.1. The zero-order chi connectivity index (χ0) is 16.9. The Morgan fingerprint density at radius 1 is 1.17 bits per heavy atom. The molecule has 2 aromatic rings. The first kappa shape index (κ1) is 19.9. The highest BCUT2D eigenvalue weighted by Gasteiger charge is 2.32. The molecule has 0 aliphatic heterocycles. The molecule has 2 rings (SSSR count). The van der Waals surface area contributed by atoms with Gasteiger partial charge in [0, 0.05) is 7.05 Å². The number of carbonyl (C=O) groups excluding carboxylic acids is 1. The molecule has 0 radical (unpaired) electrons. The number of rotatable bonds is 6. The highest BCUT2D eigenvalue weighted by Crippen LogP contribution is 2.19. The maximum atomic E-state index is 12.8. The first-order valence-corrected chi connectivity index (χ1v) is 7.39. The Morgan fingerprint density at radius 2 is 1.75 bits per heavy atom. The first-order chi connectivity index (χ1) is 10.9. The summed E-state index contributed by atoms with van der Waals surface area (Å²) in [5.74, 6) is 0.0589. The molecule has 130 valence electrons. The second-order valence-electron chi connectivity index (χ2n) is 5.60. The van der Waals surface area contributed by atoms with Crippen LogP contribution in [0.25, 0.3) is 0 Å². The molecule has 0 saturated carbocycles. The Kier molecular flexibility index (Phi) is 7.19. The Labute approximate surface area is 147 Å². The van der Waals surface area contributed by atoms with E-state index < -0.39 is 5.54 Å². The molecule has 0 heterocycles. The van der Waals surface area contributed by atoms with Gasteiger partial charge in [-0.05, 0) is 36.8 Å². The lowest BCUT2D eigenvalue weighted by Gasteiger charge is -2.29. The zero-order valence-corrected chi connectivity index (χ0v) is 14.6. The molecule has 0 spiro atoms. The average Bonchev–Trinajstić information content (AvgIpc) is 2.56. The van der Waals surface area contributed by atoms with Crippen molar-refractivity contribution in [1.82, 2.24) is 4.90 Å². The van der Waals surface area contributed by atoms with E-state index in [4.69, 9.17) is 10.5 Å². The fraction of sp³-hybridized carbons (Fsp3) is 0.278. The zero-order valence-electron chi connectivity index (χ0n) is 13.7. The van der Waals surface area contributed by atoms with E-state index in [2.05, 4.69) is 0 Å². The maximum absolute atomic E-state index is 12.8. The number of nitrogens with two attached hydrogens (primary N) is 1. The molecule has 6 heteroatoms. The van der Waals surface area contributed by atoms with Gasteiger partial charge in [0.15, 0.2) is 0 Å². The summed E-state index contributed by atoms with van der Waals surface area (Å²) in [6.07, 6.45) is 0. The van der Waals surface area contributed by atoms with Crippen molar-refractivity contribution < 1.29 is 13.9 Å². The van der Waals surface area contributed by atoms with E-state index in [1.165, 1.54) is 17.0 Å². The summed E-state index contributed by atoms with van der Waals surface area (Å²) in [7, 11) is 1.68. The summed E-state index contributed by atoms with van der Waals surface area (Å²) in [6.45, 7) is 2.39. The Balaban J connectivity index is 0.00000288. The summed E-state index contributed by atoms with van der Waals surface area (Å²) < 4.78 is 18.3. The van der Waals surface area contributed by atoms with E-state index in [1.54, 1.807) is 26.1 Å². The van der Waals surface area contributed by atoms with Crippen LogP contribution in [0.5, 0.6) is 5.75 Å². The van der Waals surface area contributed by atoms with Crippen LogP contribution < -0.4 is 10.5 Å². The molecular formula is C18H22ClFN2O2. The van der Waals surface area contributed by atoms with Gasteiger partial charge in [-0.15, -0.1) is 12.4 Å². The second kappa shape index (κ2) is 8.66. The Hall–Kier alpha value is -2.11. The van der Waals surface area contributed by atoms with E-state index in [0.29, 0.717) is 18.9 Å². The Bertz CT molecular complexity index is 648. The van der Waals surface area contributed by atoms with Gasteiger partial charge >= 0.3 is 0 Å². The monoisotopic (exact) mass is 352 g/mol. The van der Waals surface area contributed by atoms with E-state index in [1.807, 2.05) is 30.3 Å². The van der Waals surface area contributed by atoms with Gasteiger partial charge in [-0.2, -0.15) is 0 Å². The van der Waals surface area contributed by atoms with Gasteiger partial charge in [0.05, 0.1) is 6.54 Å². The average molecular weight is 353 g/mol. The third-order valence-corrected chi connectivity index (χ3v) is 3.67. The molecule has 1 atom stereocenters. The van der Waals surface area contributed by atoms with Gasteiger partial charge < -0.3 is 15.4 Å². The summed E-state index contributed by atoms with van der Waals surface area (Å²) in [5.41, 5.74) is 5.88. The quantitative estimate of drug-likeness (QED) is 0.869. The molecule has 24 heavy (non-hydrogen) atoms. The van der Waals surface area contributed by atoms with Crippen LogP contribution in [0.3, 0.4) is 0 Å². The molecule has 0 aliphatic rings. The van der Waals surface area contributed by atoms with Crippen LogP contribution in [0.15, 0.2) is 54.6 Å². The summed E-state index contributed by atoms with van der Waals surface area (Å²) in [5, 5.41) is 0. The smallest absolute Gasteiger partial charge is 0.246 e. The number of likely N-dealkylation sites (N-methyl/N-ethyl adjacent to an activating group) is 1. The molecule has 0 saturated heterocycles. The molecule has 0 aliphatic carbocycles. The molecule has 0 fully saturated rings. The van der Waals surface area contributed by atoms with Gasteiger partial charge in [0.1, 0.15) is 23.7 Å². The second-order valence-corrected chi connectivity index (χ2v) is 5.60. The summed E-state index contributed by atoms with van der Waals surface area (Å²) >= 11 is 0. The lowest BCUT2D eigenvalue weighted by Crippen LogP contribution is -2.50. The van der Waals surface area contributed by atoms with Crippen molar-refractivity contribution in [2.24, 2.45) is 5.73 Å². The molecular weight excluding hydrogens is 331 g/mol. The third kappa shape index (κ3) is 4.94. The van der Waals surface area contributed by atoms with E-state index in [0.717, 1.165) is 5.56 Å². The predicted molar refractivity (Wildman–Crippen MR) is 94.8 cm³/mol. The van der Waals surface area contributed by atoms with E-state index in [-0.39, 0.29) is 24.1 Å². The minimum atomic E-state index is -1.09. The Morgan fingerprint density at radius 3 is 2.33 bits per heavy atom. The van der Waals surface area contributed by atoms with Crippen molar-refractivity contribution in [1.29, 1.82) is 0 Å². The van der Waals surface area contributed by atoms with Crippen molar-refractivity contribution in [3.8, 4) is 5.75 Å². The van der Waals surface area contributed by atoms with E-state index >= 15 is 0 Å². The first-order valence-electron chi connectivity index (χ1n) is 7.39. The highest BCUT2D eigenvalue weighted by atomic mass is 35.5. The molecule has 2 N–H and O–H groups in total. The molecule has 4 nitrogen and oxygen atoms in total. The van der Waals surface area contributed by atoms with Crippen molar-refractivity contribution >= 4 is 18.3 Å². The lowest BCUT2D eigenvalue weighted by molar-refractivity contribution is -0.135. The van der Waals surface area contributed by atoms with Crippen molar-refractivity contribution in [3.05, 3.63) is 66.0 Å². The fourth-order valence-corrected chi connectivity index (χ4v) is 2.24. The number of hydrogen-bond acceptors (Lipinski definition) is 3. The number of hydrogen-bond donors (Lipinski definition) is 1. The summed E-state index contributed by atoms with van der Waals surface area (Å²) in [6, 6.07) is 15.0. The normalized spacial score (nSPS) is 12.7. The highest BCUT2D eigenvalue weighted by molar-refractivity contribution is 5.86. The van der Waals surface area contributed by atoms with Gasteiger partial charge in [0.2, 0.25) is 5.91 Å². The third-order valence-electron chi connectivity index (χ3n) is 3.67. The molecule has 0 bridgehead atoms. The van der Waals surface area contributed by atoms with Crippen LogP contribution in [-0.4, -0.2) is 31.0 Å². The number of benzene rings is 2. The van der Waals surface area contributed by atoms with Crippen LogP contribution >= 0.6 is 12.4 Å². The maximum Gasteiger partial charge on any atom is 0.246 e. The van der Waals surface area contributed by atoms with Crippen molar-refractivity contribution in [3.63, 3.8) is 0 Å². The SMILES string of the molecule is CN(CCOc1ccc(F)cc1)C(=O)C(C)(N)c1ccccc1.Cl. The standard InChI is InChI=1S/C18H21FN2O2.ClH/c1-18(20,14-6-4-3-5-7-14)17(22)21(2)12-13-23-16-10-8-15(19)9-11-16;/h3-11H,12-13,20H2,1-2H3;1H. The van der Waals surface area contributed by atoms with Gasteiger partial charge in [-0.25, -0.2) is 4.39 Å². The number of nitrogens with zero attached hydrogens (tertiary/aromatic N) is 1. The van der Waals surface area contributed by atoms with E-state index in [9.17, 15) is 9.18 Å². The number of amides is 1. The van der Waals surface area contributed by atoms with Crippen molar-refractivity contribution in [2.75, 3.05) is 20.2 Å². The largest absolute Gasteiger partial charge is 0.492 e. The van der Waals surface area contributed by atoms with Gasteiger partial charge in [-0.3, -0.25) is 4.79 Å². The van der Waals surface area contributed by atoms with Crippen LogP contribution in [0.2, 0.25) is 0 Å². The van der Waals surface area contributed by atoms with Crippen LogP contribution in [0.4, 0.5) is 4.39 Å². The van der Waals surface area contributed by atoms with Crippen LogP contribution in [-0.2, 0) is 10.3 Å². The predicted octanol–water partition coefficient (Wildman–Crippen LogP) is 2.96. The minimum Gasteiger partial charge on any atom is -0.492 e.